The van der Waals surface area contributed by atoms with Crippen LogP contribution < -0.4 is 20.7 Å². The summed E-state index contributed by atoms with van der Waals surface area (Å²) in [7, 11) is 0. The van der Waals surface area contributed by atoms with Gasteiger partial charge in [-0.05, 0) is 143 Å². The maximum atomic E-state index is 7.38. The van der Waals surface area contributed by atoms with E-state index in [0.29, 0.717) is 0 Å². The third kappa shape index (κ3) is 5.23. The first-order valence-corrected chi connectivity index (χ1v) is 20.9. The number of nitrogens with zero attached hydrogens (tertiary/aromatic N) is 2. The van der Waals surface area contributed by atoms with Gasteiger partial charge in [0.2, 0.25) is 0 Å². The Hall–Kier alpha value is -4.70. The zero-order valence-electron chi connectivity index (χ0n) is 36.0. The van der Waals surface area contributed by atoms with E-state index in [1.807, 2.05) is 0 Å². The van der Waals surface area contributed by atoms with Gasteiger partial charge in [-0.3, -0.25) is 0 Å². The van der Waals surface area contributed by atoms with E-state index in [1.165, 1.54) is 91.2 Å². The Morgan fingerprint density at radius 2 is 1.23 bits per heavy atom. The largest absolute Gasteiger partial charge is 0.499 e. The van der Waals surface area contributed by atoms with E-state index in [4.69, 9.17) is 4.74 Å². The molecule has 3 nitrogen and oxygen atoms in total. The Balaban J connectivity index is 1.35. The predicted molar refractivity (Wildman–Crippen MR) is 240 cm³/mol. The molecule has 4 heteroatoms. The zero-order chi connectivity index (χ0) is 39.9. The van der Waals surface area contributed by atoms with Crippen LogP contribution in [0.3, 0.4) is 0 Å². The molecule has 0 amide bonds. The Morgan fingerprint density at radius 1 is 0.625 bits per heavy atom. The lowest BCUT2D eigenvalue weighted by atomic mass is 9.35. The molecule has 3 heterocycles. The van der Waals surface area contributed by atoms with Gasteiger partial charge in [-0.1, -0.05) is 123 Å². The summed E-state index contributed by atoms with van der Waals surface area (Å²) in [5.41, 5.74) is 20.1. The molecule has 0 N–H and O–H groups in total. The molecule has 5 aromatic rings. The van der Waals surface area contributed by atoms with Gasteiger partial charge < -0.3 is 14.5 Å². The summed E-state index contributed by atoms with van der Waals surface area (Å²) in [6.45, 7) is 30.7. The minimum absolute atomic E-state index is 0.0128. The van der Waals surface area contributed by atoms with Gasteiger partial charge >= 0.3 is 0 Å². The molecular formula is C52H59BN2O. The van der Waals surface area contributed by atoms with Crippen LogP contribution in [0.4, 0.5) is 28.4 Å². The average molecular weight is 739 g/mol. The van der Waals surface area contributed by atoms with Crippen LogP contribution in [0.15, 0.2) is 108 Å². The quantitative estimate of drug-likeness (QED) is 0.171. The van der Waals surface area contributed by atoms with Crippen molar-refractivity contribution >= 4 is 46.1 Å². The lowest BCUT2D eigenvalue weighted by molar-refractivity contribution is -0.000685. The number of benzene rings is 5. The first-order chi connectivity index (χ1) is 26.2. The summed E-state index contributed by atoms with van der Waals surface area (Å²) >= 11 is 0. The van der Waals surface area contributed by atoms with Crippen LogP contribution >= 0.6 is 0 Å². The minimum Gasteiger partial charge on any atom is -0.499 e. The fourth-order valence-corrected chi connectivity index (χ4v) is 10.4. The monoisotopic (exact) mass is 738 g/mol. The van der Waals surface area contributed by atoms with Crippen LogP contribution in [0.25, 0.3) is 11.1 Å². The normalized spacial score (nSPS) is 19.6. The molecular weight excluding hydrogens is 679 g/mol. The van der Waals surface area contributed by atoms with Crippen molar-refractivity contribution in [2.75, 3.05) is 9.80 Å². The molecule has 9 rings (SSSR count). The lowest BCUT2D eigenvalue weighted by Gasteiger charge is -2.47. The van der Waals surface area contributed by atoms with Gasteiger partial charge in [0.1, 0.15) is 5.60 Å². The first kappa shape index (κ1) is 36.9. The van der Waals surface area contributed by atoms with Crippen molar-refractivity contribution in [2.45, 2.75) is 125 Å². The predicted octanol–water partition coefficient (Wildman–Crippen LogP) is 12.7. The summed E-state index contributed by atoms with van der Waals surface area (Å²) in [4.78, 5) is 5.17. The topological polar surface area (TPSA) is 15.7 Å². The van der Waals surface area contributed by atoms with E-state index in [1.54, 1.807) is 0 Å². The van der Waals surface area contributed by atoms with E-state index < -0.39 is 5.60 Å². The van der Waals surface area contributed by atoms with Gasteiger partial charge in [0.25, 0.3) is 6.71 Å². The van der Waals surface area contributed by atoms with Gasteiger partial charge in [0, 0.05) is 33.9 Å². The number of hydrogen-bond acceptors (Lipinski definition) is 3. The maximum absolute atomic E-state index is 7.38. The number of hydrogen-bond donors (Lipinski definition) is 0. The van der Waals surface area contributed by atoms with Crippen molar-refractivity contribution in [3.63, 3.8) is 0 Å². The van der Waals surface area contributed by atoms with Crippen molar-refractivity contribution in [3.05, 3.63) is 136 Å². The summed E-state index contributed by atoms with van der Waals surface area (Å²) in [6.07, 6.45) is 2.38. The Kier molecular flexibility index (Phi) is 7.85. The van der Waals surface area contributed by atoms with Gasteiger partial charge in [0.05, 0.1) is 11.4 Å². The maximum Gasteiger partial charge on any atom is 0.296 e. The molecule has 0 spiro atoms. The van der Waals surface area contributed by atoms with E-state index in [0.717, 1.165) is 11.3 Å². The molecule has 0 fully saturated rings. The van der Waals surface area contributed by atoms with Crippen molar-refractivity contribution < 1.29 is 4.74 Å². The number of aryl methyl sites for hydroxylation is 1. The summed E-state index contributed by atoms with van der Waals surface area (Å²) in [5.74, 6) is 0. The van der Waals surface area contributed by atoms with Crippen LogP contribution in [0.5, 0.6) is 0 Å². The van der Waals surface area contributed by atoms with Gasteiger partial charge in [-0.15, -0.1) is 0 Å². The lowest BCUT2D eigenvalue weighted by Crippen LogP contribution is -2.56. The van der Waals surface area contributed by atoms with E-state index in [2.05, 4.69) is 197 Å². The molecule has 286 valence electrons. The fourth-order valence-electron chi connectivity index (χ4n) is 10.4. The molecule has 0 radical (unpaired) electrons. The highest BCUT2D eigenvalue weighted by molar-refractivity contribution is 6.94. The van der Waals surface area contributed by atoms with Crippen molar-refractivity contribution in [1.29, 1.82) is 0 Å². The second-order valence-corrected chi connectivity index (χ2v) is 20.6. The van der Waals surface area contributed by atoms with E-state index >= 15 is 0 Å². The van der Waals surface area contributed by atoms with Crippen molar-refractivity contribution in [3.8, 4) is 11.1 Å². The molecule has 0 saturated heterocycles. The van der Waals surface area contributed by atoms with Crippen LogP contribution in [0, 0.1) is 19.3 Å². The van der Waals surface area contributed by atoms with E-state index in [-0.39, 0.29) is 28.4 Å². The molecule has 0 bridgehead atoms. The number of anilines is 5. The number of rotatable bonds is 3. The molecule has 4 aliphatic rings. The number of fused-ring (bicyclic) bond motifs is 4. The third-order valence-electron chi connectivity index (χ3n) is 14.4. The molecule has 0 saturated carbocycles. The summed E-state index contributed by atoms with van der Waals surface area (Å²) in [6, 6.07) is 36.9. The molecule has 5 aromatic carbocycles. The third-order valence-corrected chi connectivity index (χ3v) is 14.4. The summed E-state index contributed by atoms with van der Waals surface area (Å²) < 4.78 is 7.38. The van der Waals surface area contributed by atoms with Crippen molar-refractivity contribution in [1.82, 2.24) is 0 Å². The summed E-state index contributed by atoms with van der Waals surface area (Å²) in [5, 5.41) is 0. The molecule has 0 unspecified atom stereocenters. The highest BCUT2D eigenvalue weighted by atomic mass is 16.5. The molecule has 56 heavy (non-hydrogen) atoms. The molecule has 0 atom stereocenters. The van der Waals surface area contributed by atoms with Gasteiger partial charge in [-0.25, -0.2) is 0 Å². The smallest absolute Gasteiger partial charge is 0.296 e. The van der Waals surface area contributed by atoms with Crippen LogP contribution in [-0.2, 0) is 21.0 Å². The van der Waals surface area contributed by atoms with Crippen LogP contribution in [0.1, 0.15) is 117 Å². The first-order valence-electron chi connectivity index (χ1n) is 20.9. The Morgan fingerprint density at radius 3 is 1.89 bits per heavy atom. The highest BCUT2D eigenvalue weighted by Gasteiger charge is 2.59. The van der Waals surface area contributed by atoms with Crippen molar-refractivity contribution in [2.24, 2.45) is 5.41 Å². The SMILES string of the molecule is Cc1cc2c3c(c1)N(c1ccc4c(c1C)C(C)(C)CCC4(C)C)c1ccc(C(C)(C)C)cc1B3C1=C(N2c2ccc(-c3ccccc3)cc2)C(C)(C)C(C)(C)O1. The second-order valence-electron chi connectivity index (χ2n) is 20.6. The van der Waals surface area contributed by atoms with Crippen LogP contribution in [0.2, 0.25) is 0 Å². The molecule has 3 aliphatic heterocycles. The number of ether oxygens (including phenoxy) is 1. The molecule has 1 aliphatic carbocycles. The van der Waals surface area contributed by atoms with Gasteiger partial charge in [-0.2, -0.15) is 0 Å². The fraction of sp³-hybridized carbons (Fsp3) is 0.385. The Bertz CT molecular complexity index is 2460. The minimum atomic E-state index is -0.427. The second kappa shape index (κ2) is 11.9. The Labute approximate surface area is 336 Å². The van der Waals surface area contributed by atoms with Crippen LogP contribution in [-0.4, -0.2) is 12.3 Å². The van der Waals surface area contributed by atoms with E-state index in [9.17, 15) is 0 Å². The zero-order valence-corrected chi connectivity index (χ0v) is 36.0. The standard InChI is InChI=1S/C52H59BN2O/c1-32-29-42-45-43(30-32)55(40-26-24-38-44(33(40)2)50(8,9)28-27-49(38,6)7)41-25-21-36(48(3,4)5)31-39(41)53(45)47-46(51(10,11)52(12,13)56-47)54(42)37-22-19-35(20-23-37)34-17-15-14-16-18-34/h14-26,29-31H,27-28H2,1-13H3. The van der Waals surface area contributed by atoms with Gasteiger partial charge in [0.15, 0.2) is 0 Å². The highest BCUT2D eigenvalue weighted by Crippen LogP contribution is 2.58. The molecule has 0 aromatic heterocycles. The average Bonchev–Trinajstić information content (AvgIpc) is 3.32.